The van der Waals surface area contributed by atoms with Crippen molar-refractivity contribution in [3.8, 4) is 0 Å². The number of hydrogen-bond acceptors (Lipinski definition) is 19. The predicted octanol–water partition coefficient (Wildman–Crippen LogP) is -12.8. The van der Waals surface area contributed by atoms with Gasteiger partial charge in [-0.05, 0) is 103 Å². The van der Waals surface area contributed by atoms with Crippen LogP contribution in [0.4, 0.5) is 0 Å². The van der Waals surface area contributed by atoms with Gasteiger partial charge in [-0.1, -0.05) is 0 Å². The van der Waals surface area contributed by atoms with E-state index in [1.807, 2.05) is 0 Å². The van der Waals surface area contributed by atoms with Gasteiger partial charge in [-0.2, -0.15) is 12.6 Å². The number of thiol groups is 1. The Labute approximate surface area is 572 Å². The van der Waals surface area contributed by atoms with Crippen LogP contribution in [0.15, 0.2) is 39.9 Å². The maximum atomic E-state index is 14.8. The summed E-state index contributed by atoms with van der Waals surface area (Å²) in [5.74, 6) is -11.2. The lowest BCUT2D eigenvalue weighted by Gasteiger charge is -2.28. The molecule has 10 amide bonds. The normalized spacial score (nSPS) is 13.3. The summed E-state index contributed by atoms with van der Waals surface area (Å²) in [6, 6.07) is -12.9. The van der Waals surface area contributed by atoms with Crippen molar-refractivity contribution in [2.75, 3.05) is 58.1 Å². The van der Waals surface area contributed by atoms with Gasteiger partial charge in [0.25, 0.3) is 0 Å². The molecule has 0 heterocycles. The number of carbonyl (C=O) groups excluding carboxylic acids is 10. The summed E-state index contributed by atoms with van der Waals surface area (Å²) in [5.41, 5.74) is 94.3. The Morgan fingerprint density at radius 2 is 0.388 bits per heavy atom. The molecule has 44 nitrogen and oxygen atoms in total. The van der Waals surface area contributed by atoms with Crippen LogP contribution >= 0.6 is 12.6 Å². The van der Waals surface area contributed by atoms with Crippen LogP contribution in [0.3, 0.4) is 0 Å². The van der Waals surface area contributed by atoms with E-state index in [0.717, 1.165) is 0 Å². The first-order valence-electron chi connectivity index (χ1n) is 31.2. The van der Waals surface area contributed by atoms with Crippen LogP contribution in [0, 0.1) is 0 Å². The van der Waals surface area contributed by atoms with Crippen molar-refractivity contribution in [3.05, 3.63) is 0 Å². The van der Waals surface area contributed by atoms with E-state index in [4.69, 9.17) is 97.5 Å². The summed E-state index contributed by atoms with van der Waals surface area (Å²) >= 11 is 4.16. The van der Waals surface area contributed by atoms with E-state index in [-0.39, 0.29) is 209 Å². The van der Waals surface area contributed by atoms with Crippen LogP contribution in [0.2, 0.25) is 0 Å². The van der Waals surface area contributed by atoms with E-state index in [2.05, 4.69) is 100 Å². The molecule has 45 heteroatoms. The van der Waals surface area contributed by atoms with Gasteiger partial charge < -0.3 is 145 Å². The van der Waals surface area contributed by atoms with E-state index in [0.29, 0.717) is 0 Å². The van der Waals surface area contributed by atoms with Crippen LogP contribution in [-0.4, -0.2) is 219 Å². The molecule has 43 N–H and O–H groups in total. The first-order valence-corrected chi connectivity index (χ1v) is 31.8. The first-order chi connectivity index (χ1) is 46.2. The highest BCUT2D eigenvalue weighted by Crippen LogP contribution is 2.12. The molecule has 0 aromatic heterocycles. The molecule has 0 bridgehead atoms. The van der Waals surface area contributed by atoms with Crippen LogP contribution in [0.5, 0.6) is 0 Å². The van der Waals surface area contributed by atoms with E-state index in [9.17, 15) is 47.9 Å². The lowest BCUT2D eigenvalue weighted by atomic mass is 10.0. The topological polar surface area (TPSA) is 820 Å². The number of carbonyl (C=O) groups is 10. The Morgan fingerprint density at radius 1 is 0.245 bits per heavy atom. The van der Waals surface area contributed by atoms with Gasteiger partial charge in [0.1, 0.15) is 54.4 Å². The minimum Gasteiger partial charge on any atom is -0.370 e. The number of nitrogens with zero attached hydrogens (tertiary/aromatic N) is 8. The van der Waals surface area contributed by atoms with Gasteiger partial charge >= 0.3 is 0 Å². The van der Waals surface area contributed by atoms with Crippen LogP contribution in [0.25, 0.3) is 0 Å². The number of nitrogens with two attached hydrogens (primary N) is 17. The Kier molecular flexibility index (Phi) is 44.2. The molecule has 554 valence electrons. The smallest absolute Gasteiger partial charge is 0.244 e. The molecule has 0 rings (SSSR count). The molecular weight excluding hydrogens is 1300 g/mol. The highest BCUT2D eigenvalue weighted by atomic mass is 32.1. The fraction of sp³-hybridized carbons (Fsp3) is 0.660. The number of rotatable bonds is 51. The zero-order valence-corrected chi connectivity index (χ0v) is 56.2. The van der Waals surface area contributed by atoms with Gasteiger partial charge in [0, 0.05) is 65.0 Å². The quantitative estimate of drug-likeness (QED) is 0.0116. The standard InChI is InChI=1S/C53H106N34O10S/c1-27(88)79-36(26-98)45(97)87-35(17-9-25-78-53(69)70)44(96)86-34(16-8-24-77-52(67)68)43(95)85-33(15-7-23-76-51(65)66)42(94)84-32(14-6-22-75-50(63)64)41(93)83-31(13-5-21-74-49(61)62)40(92)82-30(12-4-20-73-48(59)60)39(91)81-29(11-3-19-72-47(57)58)38(90)80-28(37(54)89)10-2-18-71-46(55)56/h28-36,98H,2-26H2,1H3,(H2,54,89)(H,79,88)(H,80,90)(H,81,91)(H,82,92)(H,83,93)(H,84,94)(H,85,95)(H,86,96)(H,87,97)(H4,55,56,71)(H4,57,58,72)(H4,59,60,73)(H4,61,62,74)(H4,63,64,75)(H4,65,66,76)(H4,67,68,77)(H4,69,70,78)/t28-,29-,30-,31-,32-,33-,34-,35-,36-/m0/s1. The maximum absolute atomic E-state index is 14.8. The average molecular weight is 1410 g/mol. The highest BCUT2D eigenvalue weighted by molar-refractivity contribution is 7.80. The van der Waals surface area contributed by atoms with Gasteiger partial charge in [-0.15, -0.1) is 0 Å². The molecule has 0 saturated carbocycles. The monoisotopic (exact) mass is 1410 g/mol. The fourth-order valence-corrected chi connectivity index (χ4v) is 9.07. The molecule has 9 atom stereocenters. The van der Waals surface area contributed by atoms with Crippen molar-refractivity contribution in [2.24, 2.45) is 137 Å². The zero-order valence-electron chi connectivity index (χ0n) is 55.3. The lowest BCUT2D eigenvalue weighted by Crippen LogP contribution is -2.60. The SMILES string of the molecule is CC(=O)N[C@@H](CS)C(=O)N[C@@H](CCCN=C(N)N)C(=O)N[C@@H](CCCN=C(N)N)C(=O)N[C@@H](CCCN=C(N)N)C(=O)N[C@@H](CCCN=C(N)N)C(=O)N[C@@H](CCCN=C(N)N)C(=O)N[C@@H](CCCN=C(N)N)C(=O)N[C@@H](CCCN=C(N)N)C(=O)N[C@@H](CCCN=C(N)N)C(N)=O. The second-order valence-electron chi connectivity index (χ2n) is 21.9. The minimum atomic E-state index is -1.56. The number of amides is 10. The minimum absolute atomic E-state index is 0.00381. The third kappa shape index (κ3) is 42.5. The Bertz CT molecular complexity index is 2810. The van der Waals surface area contributed by atoms with Crippen LogP contribution in [-0.2, 0) is 47.9 Å². The van der Waals surface area contributed by atoms with E-state index < -0.39 is 113 Å². The van der Waals surface area contributed by atoms with E-state index in [1.54, 1.807) is 0 Å². The van der Waals surface area contributed by atoms with Crippen molar-refractivity contribution in [1.29, 1.82) is 0 Å². The van der Waals surface area contributed by atoms with E-state index >= 15 is 0 Å². The summed E-state index contributed by atoms with van der Waals surface area (Å²) in [6.07, 6.45) is -0.595. The molecule has 0 radical (unpaired) electrons. The largest absolute Gasteiger partial charge is 0.370 e. The van der Waals surface area contributed by atoms with Gasteiger partial charge in [-0.25, -0.2) is 0 Å². The molecule has 0 aliphatic heterocycles. The van der Waals surface area contributed by atoms with Crippen molar-refractivity contribution >= 4 is 119 Å². The molecule has 0 aromatic carbocycles. The summed E-state index contributed by atoms with van der Waals surface area (Å²) < 4.78 is 0. The van der Waals surface area contributed by atoms with Gasteiger partial charge in [0.05, 0.1) is 0 Å². The third-order valence-corrected chi connectivity index (χ3v) is 13.9. The molecule has 0 unspecified atom stereocenters. The number of aliphatic imine (C=N–C) groups is 8. The average Bonchev–Trinajstić information content (AvgIpc) is 0.866. The molecule has 0 aliphatic carbocycles. The molecule has 0 aliphatic rings. The fourth-order valence-electron chi connectivity index (χ4n) is 8.81. The van der Waals surface area contributed by atoms with Crippen LogP contribution in [0.1, 0.15) is 110 Å². The molecular formula is C53H106N34O10S. The Hall–Kier alpha value is -10.8. The molecule has 98 heavy (non-hydrogen) atoms. The predicted molar refractivity (Wildman–Crippen MR) is 375 cm³/mol. The molecule has 0 fully saturated rings. The summed E-state index contributed by atoms with van der Waals surface area (Å²) in [7, 11) is 0. The number of hydrogen-bond donors (Lipinski definition) is 27. The van der Waals surface area contributed by atoms with Gasteiger partial charge in [0.15, 0.2) is 47.7 Å². The maximum Gasteiger partial charge on any atom is 0.244 e. The molecule has 0 spiro atoms. The zero-order chi connectivity index (χ0) is 74.3. The lowest BCUT2D eigenvalue weighted by molar-refractivity contribution is -0.136. The number of nitrogens with one attached hydrogen (secondary N) is 9. The van der Waals surface area contributed by atoms with Crippen molar-refractivity contribution in [1.82, 2.24) is 47.9 Å². The molecule has 0 saturated heterocycles. The summed E-state index contributed by atoms with van der Waals surface area (Å²) in [4.78, 5) is 171. The Balaban J connectivity index is 7.78. The Morgan fingerprint density at radius 3 is 0.520 bits per heavy atom. The van der Waals surface area contributed by atoms with E-state index in [1.165, 1.54) is 6.92 Å². The van der Waals surface area contributed by atoms with Gasteiger partial charge in [-0.3, -0.25) is 87.9 Å². The second kappa shape index (κ2) is 49.7. The van der Waals surface area contributed by atoms with Crippen molar-refractivity contribution < 1.29 is 47.9 Å². The highest BCUT2D eigenvalue weighted by Gasteiger charge is 2.35. The van der Waals surface area contributed by atoms with Gasteiger partial charge in [0.2, 0.25) is 59.1 Å². The third-order valence-electron chi connectivity index (χ3n) is 13.5. The second-order valence-corrected chi connectivity index (χ2v) is 22.3. The number of guanidine groups is 8. The number of primary amides is 1. The van der Waals surface area contributed by atoms with Crippen molar-refractivity contribution in [2.45, 2.75) is 164 Å². The molecule has 0 aromatic rings. The van der Waals surface area contributed by atoms with Crippen LogP contribution < -0.4 is 145 Å². The summed E-state index contributed by atoms with van der Waals surface area (Å²) in [5, 5.41) is 23.4. The van der Waals surface area contributed by atoms with Crippen molar-refractivity contribution in [3.63, 3.8) is 0 Å². The summed E-state index contributed by atoms with van der Waals surface area (Å²) in [6.45, 7) is 1.01. The first kappa shape index (κ1) is 87.2.